The first kappa shape index (κ1) is 28.8. The number of carboxylic acids is 1. The summed E-state index contributed by atoms with van der Waals surface area (Å²) in [4.78, 5) is 26.4. The Kier molecular flexibility index (Phi) is 6.93. The molecule has 4 fully saturated rings. The van der Waals surface area contributed by atoms with E-state index in [1.807, 2.05) is 27.1 Å². The number of aliphatic carboxylic acids is 1. The van der Waals surface area contributed by atoms with Crippen LogP contribution in [0.3, 0.4) is 0 Å². The van der Waals surface area contributed by atoms with Crippen LogP contribution in [-0.2, 0) is 9.59 Å². The minimum absolute atomic E-state index is 0.0296. The molecule has 5 rings (SSSR count). The van der Waals surface area contributed by atoms with Gasteiger partial charge in [-0.25, -0.2) is 0 Å². The smallest absolute Gasteiger partial charge is 0.309 e. The minimum atomic E-state index is -0.711. The van der Waals surface area contributed by atoms with Crippen LogP contribution in [0.25, 0.3) is 0 Å². The van der Waals surface area contributed by atoms with Crippen molar-refractivity contribution in [3.8, 4) is 0 Å². The first-order valence-electron chi connectivity index (χ1n) is 14.7. The van der Waals surface area contributed by atoms with Crippen molar-refractivity contribution in [2.24, 2.45) is 50.2 Å². The molecule has 5 aliphatic rings. The number of nitrogens with one attached hydrogen (secondary N) is 1. The third kappa shape index (κ3) is 3.84. The minimum Gasteiger partial charge on any atom is -0.481 e. The predicted molar refractivity (Wildman–Crippen MR) is 148 cm³/mol. The maximum Gasteiger partial charge on any atom is 0.309 e. The van der Waals surface area contributed by atoms with E-state index >= 15 is 0 Å². The zero-order valence-electron chi connectivity index (χ0n) is 25.0. The van der Waals surface area contributed by atoms with Gasteiger partial charge in [0.25, 0.3) is 0 Å². The Hall–Kier alpha value is -1.20. The second-order valence-electron chi connectivity index (χ2n) is 15.4. The van der Waals surface area contributed by atoms with Gasteiger partial charge in [0.1, 0.15) is 0 Å². The van der Waals surface area contributed by atoms with Crippen LogP contribution in [0.4, 0.5) is 0 Å². The Balaban J connectivity index is 0.00000102. The van der Waals surface area contributed by atoms with Gasteiger partial charge < -0.3 is 15.5 Å². The number of ketones is 1. The monoisotopic (exact) mass is 515 g/mol. The molecule has 5 aliphatic carbocycles. The topological polar surface area (TPSA) is 86.6 Å². The molecule has 4 saturated carbocycles. The Labute approximate surface area is 225 Å². The molecule has 0 amide bonds. The van der Waals surface area contributed by atoms with E-state index < -0.39 is 11.4 Å². The Morgan fingerprint density at radius 1 is 0.919 bits per heavy atom. The van der Waals surface area contributed by atoms with E-state index in [4.69, 9.17) is 0 Å². The van der Waals surface area contributed by atoms with Gasteiger partial charge in [0.2, 0.25) is 0 Å². The van der Waals surface area contributed by atoms with Crippen molar-refractivity contribution in [1.29, 1.82) is 0 Å². The van der Waals surface area contributed by atoms with Gasteiger partial charge in [-0.3, -0.25) is 9.59 Å². The van der Waals surface area contributed by atoms with Gasteiger partial charge in [-0.1, -0.05) is 47.1 Å². The second-order valence-corrected chi connectivity index (χ2v) is 15.4. The first-order chi connectivity index (χ1) is 17.0. The van der Waals surface area contributed by atoms with Gasteiger partial charge in [0.15, 0.2) is 5.78 Å². The van der Waals surface area contributed by atoms with Crippen LogP contribution in [0.15, 0.2) is 11.6 Å². The summed E-state index contributed by atoms with van der Waals surface area (Å²) in [5, 5.41) is 23.7. The highest BCUT2D eigenvalue weighted by Crippen LogP contribution is 2.75. The summed E-state index contributed by atoms with van der Waals surface area (Å²) in [5.41, 5.74) is 0.142. The molecule has 0 aromatic heterocycles. The molecule has 9 atom stereocenters. The third-order valence-corrected chi connectivity index (χ3v) is 13.1. The van der Waals surface area contributed by atoms with Gasteiger partial charge in [-0.2, -0.15) is 0 Å². The average Bonchev–Trinajstić information content (AvgIpc) is 2.79. The van der Waals surface area contributed by atoms with Crippen molar-refractivity contribution in [2.45, 2.75) is 112 Å². The van der Waals surface area contributed by atoms with Gasteiger partial charge in [0.05, 0.1) is 11.5 Å². The number of aliphatic hydroxyl groups excluding tert-OH is 1. The molecule has 37 heavy (non-hydrogen) atoms. The lowest BCUT2D eigenvalue weighted by molar-refractivity contribution is -0.202. The van der Waals surface area contributed by atoms with Crippen LogP contribution >= 0.6 is 0 Å². The molecule has 0 saturated heterocycles. The number of rotatable bonds is 1. The molecule has 0 aromatic rings. The van der Waals surface area contributed by atoms with E-state index in [0.717, 1.165) is 51.4 Å². The zero-order valence-corrected chi connectivity index (χ0v) is 25.0. The number of aliphatic hydroxyl groups is 1. The molecular weight excluding hydrogens is 462 g/mol. The van der Waals surface area contributed by atoms with E-state index in [1.165, 1.54) is 5.57 Å². The van der Waals surface area contributed by atoms with Gasteiger partial charge in [-0.05, 0) is 124 Å². The summed E-state index contributed by atoms with van der Waals surface area (Å²) in [6.07, 6.45) is 9.95. The van der Waals surface area contributed by atoms with Crippen molar-refractivity contribution in [1.82, 2.24) is 5.32 Å². The zero-order chi connectivity index (χ0) is 27.8. The number of hydrogen-bond acceptors (Lipinski definition) is 4. The molecule has 0 unspecified atom stereocenters. The number of carboxylic acid groups (broad SMARTS) is 1. The highest BCUT2D eigenvalue weighted by atomic mass is 16.4. The van der Waals surface area contributed by atoms with E-state index in [1.54, 1.807) is 0 Å². The Bertz CT molecular complexity index is 987. The van der Waals surface area contributed by atoms with Crippen molar-refractivity contribution in [3.05, 3.63) is 11.6 Å². The molecule has 3 N–H and O–H groups in total. The average molecular weight is 516 g/mol. The fourth-order valence-electron chi connectivity index (χ4n) is 10.4. The van der Waals surface area contributed by atoms with E-state index in [9.17, 15) is 19.8 Å². The van der Waals surface area contributed by atoms with Crippen LogP contribution < -0.4 is 5.32 Å². The number of carbonyl (C=O) groups excluding carboxylic acids is 1. The van der Waals surface area contributed by atoms with E-state index in [-0.39, 0.29) is 50.8 Å². The van der Waals surface area contributed by atoms with Crippen molar-refractivity contribution in [2.75, 3.05) is 14.1 Å². The van der Waals surface area contributed by atoms with Crippen LogP contribution in [0.5, 0.6) is 0 Å². The molecule has 210 valence electrons. The second kappa shape index (κ2) is 8.91. The number of hydrogen-bond donors (Lipinski definition) is 3. The molecule has 5 heteroatoms. The van der Waals surface area contributed by atoms with Crippen molar-refractivity contribution < 1.29 is 19.8 Å². The van der Waals surface area contributed by atoms with Crippen LogP contribution in [0.2, 0.25) is 0 Å². The third-order valence-electron chi connectivity index (χ3n) is 13.1. The maximum atomic E-state index is 14.2. The van der Waals surface area contributed by atoms with Gasteiger partial charge >= 0.3 is 5.97 Å². The van der Waals surface area contributed by atoms with E-state index in [2.05, 4.69) is 46.9 Å². The lowest BCUT2D eigenvalue weighted by Gasteiger charge is -2.70. The fraction of sp³-hybridized carbons (Fsp3) is 0.875. The summed E-state index contributed by atoms with van der Waals surface area (Å²) >= 11 is 0. The lowest BCUT2D eigenvalue weighted by Crippen LogP contribution is -2.66. The van der Waals surface area contributed by atoms with Gasteiger partial charge in [-0.15, -0.1) is 0 Å². The normalized spacial score (nSPS) is 50.2. The number of fused-ring (bicyclic) bond motifs is 7. The standard InChI is InChI=1S/C30H46O4.C2H7N/c1-25(2)21-8-11-30(7)23(28(21,5)10-9-22(25)32)20(31)16-18-19-17-27(4,24(33)34)13-12-26(19,3)14-15-29(18,30)6;1-3-2/h16,19,21-23,32H,8-15,17H2,1-7H3,(H,33,34);3H,1-2H3/t19-,21-,22-,23+,26+,27-,28-,29+,30+;/m0./s1. The number of carbonyl (C=O) groups is 2. The molecule has 0 aliphatic heterocycles. The lowest BCUT2D eigenvalue weighted by atomic mass is 9.33. The van der Waals surface area contributed by atoms with Crippen LogP contribution in [0, 0.1) is 50.2 Å². The first-order valence-corrected chi connectivity index (χ1v) is 14.7. The highest BCUT2D eigenvalue weighted by molar-refractivity contribution is 5.95. The number of allylic oxidation sites excluding steroid dienone is 2. The summed E-state index contributed by atoms with van der Waals surface area (Å²) in [5.74, 6) is 0.0603. The van der Waals surface area contributed by atoms with Gasteiger partial charge in [0, 0.05) is 5.92 Å². The maximum absolute atomic E-state index is 14.2. The van der Waals surface area contributed by atoms with Crippen LogP contribution in [0.1, 0.15) is 106 Å². The Morgan fingerprint density at radius 2 is 1.51 bits per heavy atom. The van der Waals surface area contributed by atoms with Crippen molar-refractivity contribution in [3.63, 3.8) is 0 Å². The molecular formula is C32H53NO4. The molecule has 0 bridgehead atoms. The summed E-state index contributed by atoms with van der Waals surface area (Å²) in [6.45, 7) is 15.8. The summed E-state index contributed by atoms with van der Waals surface area (Å²) in [6, 6.07) is 0. The van der Waals surface area contributed by atoms with E-state index in [0.29, 0.717) is 12.3 Å². The SMILES string of the molecule is CC1(C)[C@@H](O)CC[C@]2(C)[C@H]3C(=O)C=C4[C@@H]5C[C@@](C)(C(=O)O)CC[C@]5(C)CC[C@@]4(C)[C@]3(C)CC[C@@H]12.CNC. The van der Waals surface area contributed by atoms with Crippen molar-refractivity contribution >= 4 is 11.8 Å². The molecule has 0 heterocycles. The Morgan fingerprint density at radius 3 is 2.11 bits per heavy atom. The summed E-state index contributed by atoms with van der Waals surface area (Å²) in [7, 11) is 3.75. The largest absolute Gasteiger partial charge is 0.481 e. The molecule has 0 aromatic carbocycles. The highest BCUT2D eigenvalue weighted by Gasteiger charge is 2.70. The molecule has 5 nitrogen and oxygen atoms in total. The summed E-state index contributed by atoms with van der Waals surface area (Å²) < 4.78 is 0. The molecule has 0 radical (unpaired) electrons. The van der Waals surface area contributed by atoms with Crippen LogP contribution in [-0.4, -0.2) is 42.2 Å². The quantitative estimate of drug-likeness (QED) is 0.384. The predicted octanol–water partition coefficient (Wildman–Crippen LogP) is 6.25. The molecule has 0 spiro atoms. The fourth-order valence-corrected chi connectivity index (χ4v) is 10.4.